The number of benzene rings is 2. The minimum atomic E-state index is -2.93. The number of morpholine rings is 1. The Labute approximate surface area is 224 Å². The van der Waals surface area contributed by atoms with Gasteiger partial charge in [-0.2, -0.15) is 8.78 Å². The van der Waals surface area contributed by atoms with Crippen LogP contribution in [0, 0.1) is 0 Å². The number of alkyl halides is 2. The summed E-state index contributed by atoms with van der Waals surface area (Å²) in [5, 5.41) is 1.02. The van der Waals surface area contributed by atoms with E-state index in [0.29, 0.717) is 37.7 Å². The van der Waals surface area contributed by atoms with Gasteiger partial charge in [-0.1, -0.05) is 12.1 Å². The fourth-order valence-corrected chi connectivity index (χ4v) is 5.55. The van der Waals surface area contributed by atoms with Gasteiger partial charge in [-0.15, -0.1) is 0 Å². The molecule has 0 aliphatic carbocycles. The van der Waals surface area contributed by atoms with Gasteiger partial charge in [0.25, 0.3) is 5.91 Å². The van der Waals surface area contributed by atoms with Gasteiger partial charge in [0.05, 0.1) is 37.0 Å². The summed E-state index contributed by atoms with van der Waals surface area (Å²) in [6, 6.07) is 13.9. The number of ether oxygens (including phenoxy) is 2. The maximum Gasteiger partial charge on any atom is 0.387 e. The molecule has 0 unspecified atom stereocenters. The van der Waals surface area contributed by atoms with E-state index in [2.05, 4.69) is 21.5 Å². The van der Waals surface area contributed by atoms with Crippen molar-refractivity contribution in [3.8, 4) is 17.1 Å². The van der Waals surface area contributed by atoms with Crippen LogP contribution in [-0.4, -0.2) is 58.2 Å². The van der Waals surface area contributed by atoms with E-state index in [1.165, 1.54) is 24.3 Å². The van der Waals surface area contributed by atoms with Crippen molar-refractivity contribution < 1.29 is 23.0 Å². The monoisotopic (exact) mass is 533 g/mol. The lowest BCUT2D eigenvalue weighted by Gasteiger charge is -2.35. The predicted octanol–water partition coefficient (Wildman–Crippen LogP) is 5.34. The van der Waals surface area contributed by atoms with Crippen LogP contribution in [0.5, 0.6) is 5.75 Å². The predicted molar refractivity (Wildman–Crippen MR) is 143 cm³/mol. The number of fused-ring (bicyclic) bond motifs is 2. The number of amides is 1. The molecule has 4 aromatic rings. The Balaban J connectivity index is 1.44. The number of rotatable bonds is 5. The largest absolute Gasteiger partial charge is 0.435 e. The summed E-state index contributed by atoms with van der Waals surface area (Å²) >= 11 is 0. The number of halogens is 2. The lowest BCUT2D eigenvalue weighted by molar-refractivity contribution is -0.0498. The number of carbonyl (C=O) groups excluding carboxylic acids is 1. The van der Waals surface area contributed by atoms with Gasteiger partial charge in [0.15, 0.2) is 5.82 Å². The molecule has 1 amide bonds. The average molecular weight is 534 g/mol. The molecule has 1 N–H and O–H groups in total. The van der Waals surface area contributed by atoms with Crippen molar-refractivity contribution in [2.45, 2.75) is 45.5 Å². The second kappa shape index (κ2) is 9.60. The highest BCUT2D eigenvalue weighted by Crippen LogP contribution is 2.44. The zero-order valence-corrected chi connectivity index (χ0v) is 21.9. The number of carbonyl (C=O) groups is 1. The molecule has 1 saturated heterocycles. The van der Waals surface area contributed by atoms with Crippen molar-refractivity contribution in [2.75, 3.05) is 24.7 Å². The molecule has 202 valence electrons. The summed E-state index contributed by atoms with van der Waals surface area (Å²) in [6.45, 7) is 5.31. The summed E-state index contributed by atoms with van der Waals surface area (Å²) in [7, 11) is 0. The molecule has 39 heavy (non-hydrogen) atoms. The molecule has 1 fully saturated rings. The van der Waals surface area contributed by atoms with Gasteiger partial charge in [-0.25, -0.2) is 9.97 Å². The summed E-state index contributed by atoms with van der Waals surface area (Å²) in [5.41, 5.74) is 3.23. The molecule has 8 nitrogen and oxygen atoms in total. The molecule has 0 radical (unpaired) electrons. The van der Waals surface area contributed by atoms with E-state index in [1.54, 1.807) is 4.90 Å². The molecule has 2 aromatic carbocycles. The standard InChI is InChI=1S/C29H29F2N5O3/c1-17-16-38-14-13-35(17)26-22-15-36(27(37)18-7-9-19(10-8-18)39-28(30)31)29(2,3)24(22)33-25(34-26)21-5-4-6-23-20(21)11-12-32-23/h4-12,17,28,32H,13-16H2,1-3H3/t17-/m1/s1. The van der Waals surface area contributed by atoms with Gasteiger partial charge in [-0.05, 0) is 57.2 Å². The molecule has 2 aromatic heterocycles. The van der Waals surface area contributed by atoms with Gasteiger partial charge < -0.3 is 24.3 Å². The molecule has 0 bridgehead atoms. The number of nitrogens with zero attached hydrogens (tertiary/aromatic N) is 4. The first-order valence-electron chi connectivity index (χ1n) is 12.9. The number of aromatic nitrogens is 3. The molecule has 0 saturated carbocycles. The Bertz CT molecular complexity index is 1540. The van der Waals surface area contributed by atoms with Gasteiger partial charge in [0, 0.05) is 40.3 Å². The first kappa shape index (κ1) is 25.2. The number of hydrogen-bond donors (Lipinski definition) is 1. The van der Waals surface area contributed by atoms with Crippen LogP contribution in [0.4, 0.5) is 14.6 Å². The maximum atomic E-state index is 13.8. The quantitative estimate of drug-likeness (QED) is 0.373. The Hall–Kier alpha value is -4.05. The summed E-state index contributed by atoms with van der Waals surface area (Å²) in [5.74, 6) is 1.19. The van der Waals surface area contributed by atoms with Crippen LogP contribution in [0.1, 0.15) is 42.4 Å². The van der Waals surface area contributed by atoms with Crippen LogP contribution in [0.15, 0.2) is 54.7 Å². The molecular weight excluding hydrogens is 504 g/mol. The van der Waals surface area contributed by atoms with Crippen molar-refractivity contribution in [3.05, 3.63) is 71.5 Å². The van der Waals surface area contributed by atoms with Crippen LogP contribution in [0.2, 0.25) is 0 Å². The van der Waals surface area contributed by atoms with Crippen LogP contribution < -0.4 is 9.64 Å². The zero-order valence-electron chi connectivity index (χ0n) is 21.9. The second-order valence-corrected chi connectivity index (χ2v) is 10.4. The number of H-pyrrole nitrogens is 1. The normalized spacial score (nSPS) is 18.6. The lowest BCUT2D eigenvalue weighted by Crippen LogP contribution is -2.44. The fourth-order valence-electron chi connectivity index (χ4n) is 5.55. The third kappa shape index (κ3) is 4.38. The Morgan fingerprint density at radius 3 is 2.69 bits per heavy atom. The van der Waals surface area contributed by atoms with Crippen LogP contribution in [0.25, 0.3) is 22.3 Å². The molecule has 4 heterocycles. The minimum absolute atomic E-state index is 0.00329. The topological polar surface area (TPSA) is 83.6 Å². The molecule has 0 spiro atoms. The summed E-state index contributed by atoms with van der Waals surface area (Å²) in [6.07, 6.45) is 1.90. The first-order valence-corrected chi connectivity index (χ1v) is 12.9. The van der Waals surface area contributed by atoms with E-state index in [-0.39, 0.29) is 17.7 Å². The van der Waals surface area contributed by atoms with Crippen LogP contribution in [0.3, 0.4) is 0 Å². The average Bonchev–Trinajstić information content (AvgIpc) is 3.50. The molecule has 2 aliphatic heterocycles. The van der Waals surface area contributed by atoms with E-state index in [0.717, 1.165) is 33.5 Å². The van der Waals surface area contributed by atoms with E-state index in [4.69, 9.17) is 14.7 Å². The highest BCUT2D eigenvalue weighted by molar-refractivity contribution is 5.96. The smallest absolute Gasteiger partial charge is 0.387 e. The van der Waals surface area contributed by atoms with E-state index < -0.39 is 12.2 Å². The summed E-state index contributed by atoms with van der Waals surface area (Å²) in [4.78, 5) is 31.2. The molecular formula is C29H29F2N5O3. The van der Waals surface area contributed by atoms with Gasteiger partial charge in [0.1, 0.15) is 11.6 Å². The number of anilines is 1. The molecule has 1 atom stereocenters. The Kier molecular flexibility index (Phi) is 6.22. The van der Waals surface area contributed by atoms with E-state index >= 15 is 0 Å². The van der Waals surface area contributed by atoms with Gasteiger partial charge in [-0.3, -0.25) is 4.79 Å². The Morgan fingerprint density at radius 1 is 1.15 bits per heavy atom. The number of hydrogen-bond acceptors (Lipinski definition) is 6. The van der Waals surface area contributed by atoms with Crippen LogP contribution in [-0.2, 0) is 16.8 Å². The van der Waals surface area contributed by atoms with Crippen molar-refractivity contribution in [2.24, 2.45) is 0 Å². The highest BCUT2D eigenvalue weighted by atomic mass is 19.3. The SMILES string of the molecule is C[C@@H]1COCCN1c1nc(-c2cccc3[nH]ccc23)nc2c1CN(C(=O)c1ccc(OC(F)F)cc1)C2(C)C. The molecule has 6 rings (SSSR count). The Morgan fingerprint density at radius 2 is 1.95 bits per heavy atom. The molecule has 10 heteroatoms. The number of aromatic amines is 1. The van der Waals surface area contributed by atoms with Crippen molar-refractivity contribution >= 4 is 22.6 Å². The third-order valence-corrected chi connectivity index (χ3v) is 7.60. The fraction of sp³-hybridized carbons (Fsp3) is 0.345. The van der Waals surface area contributed by atoms with Gasteiger partial charge >= 0.3 is 6.61 Å². The summed E-state index contributed by atoms with van der Waals surface area (Å²) < 4.78 is 35.3. The minimum Gasteiger partial charge on any atom is -0.435 e. The highest BCUT2D eigenvalue weighted by Gasteiger charge is 2.45. The number of nitrogens with one attached hydrogen (secondary N) is 1. The van der Waals surface area contributed by atoms with Gasteiger partial charge in [0.2, 0.25) is 0 Å². The van der Waals surface area contributed by atoms with Crippen molar-refractivity contribution in [1.29, 1.82) is 0 Å². The van der Waals surface area contributed by atoms with Crippen LogP contribution >= 0.6 is 0 Å². The van der Waals surface area contributed by atoms with E-state index in [1.807, 2.05) is 44.3 Å². The zero-order chi connectivity index (χ0) is 27.3. The second-order valence-electron chi connectivity index (χ2n) is 10.4. The lowest BCUT2D eigenvalue weighted by atomic mass is 9.98. The van der Waals surface area contributed by atoms with Crippen molar-refractivity contribution in [3.63, 3.8) is 0 Å². The van der Waals surface area contributed by atoms with Crippen molar-refractivity contribution in [1.82, 2.24) is 19.9 Å². The maximum absolute atomic E-state index is 13.8. The third-order valence-electron chi connectivity index (χ3n) is 7.60. The first-order chi connectivity index (χ1) is 18.7. The van der Waals surface area contributed by atoms with E-state index in [9.17, 15) is 13.6 Å². The molecule has 2 aliphatic rings.